The molecule has 0 aliphatic heterocycles. The van der Waals surface area contributed by atoms with Crippen molar-refractivity contribution in [3.63, 3.8) is 0 Å². The molecule has 16 heavy (non-hydrogen) atoms. The molecule has 1 atom stereocenters. The summed E-state index contributed by atoms with van der Waals surface area (Å²) in [6, 6.07) is 9.14. The molecular weight excluding hydrogens is 227 g/mol. The van der Waals surface area contributed by atoms with Gasteiger partial charge in [-0.2, -0.15) is 0 Å². The van der Waals surface area contributed by atoms with Crippen LogP contribution in [0.1, 0.15) is 5.56 Å². The van der Waals surface area contributed by atoms with Gasteiger partial charge < -0.3 is 20.8 Å². The zero-order chi connectivity index (χ0) is 12.2. The first kappa shape index (κ1) is 13.4. The van der Waals surface area contributed by atoms with Crippen LogP contribution < -0.4 is 11.1 Å². The molecule has 0 aliphatic carbocycles. The molecule has 0 saturated carbocycles. The van der Waals surface area contributed by atoms with E-state index < -0.39 is 12.9 Å². The van der Waals surface area contributed by atoms with Crippen molar-refractivity contribution in [1.82, 2.24) is 5.32 Å². The third kappa shape index (κ3) is 2.70. The summed E-state index contributed by atoms with van der Waals surface area (Å²) in [6.07, 6.45) is 0.200. The predicted molar refractivity (Wildman–Crippen MR) is 63.0 cm³/mol. The number of benzene rings is 1. The van der Waals surface area contributed by atoms with Crippen LogP contribution in [0.25, 0.3) is 0 Å². The molecule has 0 unspecified atom stereocenters. The van der Waals surface area contributed by atoms with Crippen LogP contribution in [0.2, 0.25) is 0 Å². The zero-order valence-electron chi connectivity index (χ0n) is 9.13. The summed E-state index contributed by atoms with van der Waals surface area (Å²) in [6.45, 7) is -0.122. The number of hydrogen-bond donors (Lipinski definition) is 4. The fraction of sp³-hybridized carbons (Fsp3) is 0.400. The average Bonchev–Trinajstić information content (AvgIpc) is 2.25. The smallest absolute Gasteiger partial charge is 0.328 e. The number of hydrogen-bond acceptors (Lipinski definition) is 3. The Kier molecular flexibility index (Phi) is 4.24. The molecule has 1 aromatic rings. The normalized spacial score (nSPS) is 15.8. The van der Waals surface area contributed by atoms with Gasteiger partial charge in [-0.05, 0) is 12.6 Å². The van der Waals surface area contributed by atoms with Crippen molar-refractivity contribution in [2.45, 2.75) is 11.7 Å². The quantitative estimate of drug-likeness (QED) is 0.558. The Hall–Kier alpha value is -0.710. The van der Waals surface area contributed by atoms with Crippen molar-refractivity contribution in [1.29, 1.82) is 0 Å². The molecule has 6 heteroatoms. The van der Waals surface area contributed by atoms with Gasteiger partial charge in [-0.15, -0.1) is 0 Å². The van der Waals surface area contributed by atoms with Gasteiger partial charge in [0.05, 0.1) is 0 Å². The standard InChI is InChI=1S/C10H17N2O3P/c1-12-10(8-11,16(13,14)15)7-9-5-3-2-4-6-9/h2-6,12H,7-8,11H2,1H3,(H2,13,14,15)/t10-/m1/s1. The molecular formula is C10H17N2O3P. The van der Waals surface area contributed by atoms with Crippen LogP contribution in [0.15, 0.2) is 30.3 Å². The first-order valence-electron chi connectivity index (χ1n) is 4.94. The minimum atomic E-state index is -4.31. The topological polar surface area (TPSA) is 95.6 Å². The van der Waals surface area contributed by atoms with Crippen molar-refractivity contribution in [2.24, 2.45) is 5.73 Å². The second-order valence-corrected chi connectivity index (χ2v) is 5.64. The number of nitrogens with two attached hydrogens (primary N) is 1. The van der Waals surface area contributed by atoms with Gasteiger partial charge in [-0.1, -0.05) is 30.3 Å². The van der Waals surface area contributed by atoms with Crippen molar-refractivity contribution in [2.75, 3.05) is 13.6 Å². The number of likely N-dealkylation sites (N-methyl/N-ethyl adjacent to an activating group) is 1. The number of rotatable bonds is 5. The Bertz CT molecular complexity index is 373. The molecule has 0 fully saturated rings. The molecule has 0 heterocycles. The van der Waals surface area contributed by atoms with Crippen LogP contribution in [-0.4, -0.2) is 28.7 Å². The fourth-order valence-corrected chi connectivity index (χ4v) is 2.48. The fourth-order valence-electron chi connectivity index (χ4n) is 1.56. The molecule has 0 radical (unpaired) electrons. The predicted octanol–water partition coefficient (Wildman–Crippen LogP) is 0.281. The molecule has 0 amide bonds. The van der Waals surface area contributed by atoms with Gasteiger partial charge >= 0.3 is 7.60 Å². The first-order chi connectivity index (χ1) is 7.45. The van der Waals surface area contributed by atoms with Crippen molar-refractivity contribution in [3.05, 3.63) is 35.9 Å². The van der Waals surface area contributed by atoms with Crippen LogP contribution in [0.4, 0.5) is 0 Å². The van der Waals surface area contributed by atoms with E-state index >= 15 is 0 Å². The van der Waals surface area contributed by atoms with Crippen LogP contribution in [-0.2, 0) is 11.0 Å². The second kappa shape index (κ2) is 5.08. The average molecular weight is 244 g/mol. The summed E-state index contributed by atoms with van der Waals surface area (Å²) in [5.74, 6) is 0. The summed E-state index contributed by atoms with van der Waals surface area (Å²) in [4.78, 5) is 18.7. The second-order valence-electron chi connectivity index (χ2n) is 3.69. The van der Waals surface area contributed by atoms with Crippen LogP contribution in [0, 0.1) is 0 Å². The van der Waals surface area contributed by atoms with Gasteiger partial charge in [-0.3, -0.25) is 4.57 Å². The summed E-state index contributed by atoms with van der Waals surface area (Å²) in [5, 5.41) is 1.28. The Morgan fingerprint density at radius 2 is 1.94 bits per heavy atom. The van der Waals surface area contributed by atoms with E-state index in [1.807, 2.05) is 30.3 Å². The maximum atomic E-state index is 11.5. The highest BCUT2D eigenvalue weighted by Gasteiger charge is 2.44. The maximum absolute atomic E-state index is 11.5. The first-order valence-corrected chi connectivity index (χ1v) is 6.55. The molecule has 1 rings (SSSR count). The highest BCUT2D eigenvalue weighted by atomic mass is 31.2. The number of nitrogens with one attached hydrogen (secondary N) is 1. The lowest BCUT2D eigenvalue weighted by atomic mass is 10.1. The molecule has 0 spiro atoms. The van der Waals surface area contributed by atoms with E-state index in [0.717, 1.165) is 5.56 Å². The Balaban J connectivity index is 3.01. The minimum absolute atomic E-state index is 0.122. The summed E-state index contributed by atoms with van der Waals surface area (Å²) >= 11 is 0. The molecule has 1 aromatic carbocycles. The monoisotopic (exact) mass is 244 g/mol. The molecule has 0 aliphatic rings. The lowest BCUT2D eigenvalue weighted by molar-refractivity contribution is 0.305. The lowest BCUT2D eigenvalue weighted by Gasteiger charge is -2.32. The van der Waals surface area contributed by atoms with Crippen molar-refractivity contribution in [3.8, 4) is 0 Å². The van der Waals surface area contributed by atoms with Gasteiger partial charge in [0, 0.05) is 13.0 Å². The van der Waals surface area contributed by atoms with Crippen LogP contribution in [0.5, 0.6) is 0 Å². The van der Waals surface area contributed by atoms with Crippen LogP contribution >= 0.6 is 7.60 Å². The maximum Gasteiger partial charge on any atom is 0.347 e. The van der Waals surface area contributed by atoms with E-state index in [-0.39, 0.29) is 13.0 Å². The summed E-state index contributed by atoms with van der Waals surface area (Å²) < 4.78 is 11.5. The van der Waals surface area contributed by atoms with E-state index in [1.54, 1.807) is 0 Å². The van der Waals surface area contributed by atoms with E-state index in [0.29, 0.717) is 0 Å². The molecule has 5 N–H and O–H groups in total. The zero-order valence-corrected chi connectivity index (χ0v) is 10.0. The van der Waals surface area contributed by atoms with Gasteiger partial charge in [-0.25, -0.2) is 0 Å². The van der Waals surface area contributed by atoms with E-state index in [4.69, 9.17) is 5.73 Å². The molecule has 0 aromatic heterocycles. The molecule has 0 saturated heterocycles. The highest BCUT2D eigenvalue weighted by Crippen LogP contribution is 2.49. The minimum Gasteiger partial charge on any atom is -0.328 e. The Labute approximate surface area is 94.8 Å². The van der Waals surface area contributed by atoms with Gasteiger partial charge in [0.25, 0.3) is 0 Å². The molecule has 0 bridgehead atoms. The van der Waals surface area contributed by atoms with Gasteiger partial charge in [0.1, 0.15) is 5.28 Å². The Morgan fingerprint density at radius 3 is 2.31 bits per heavy atom. The summed E-state index contributed by atoms with van der Waals surface area (Å²) in [7, 11) is -2.80. The summed E-state index contributed by atoms with van der Waals surface area (Å²) in [5.41, 5.74) is 6.34. The van der Waals surface area contributed by atoms with E-state index in [9.17, 15) is 14.4 Å². The third-order valence-electron chi connectivity index (χ3n) is 2.70. The molecule has 90 valence electrons. The van der Waals surface area contributed by atoms with Gasteiger partial charge in [0.2, 0.25) is 0 Å². The van der Waals surface area contributed by atoms with E-state index in [1.165, 1.54) is 7.05 Å². The van der Waals surface area contributed by atoms with Crippen molar-refractivity contribution < 1.29 is 14.4 Å². The lowest BCUT2D eigenvalue weighted by Crippen LogP contribution is -2.50. The SMILES string of the molecule is CN[C@](CN)(Cc1ccccc1)P(=O)(O)O. The Morgan fingerprint density at radius 1 is 1.38 bits per heavy atom. The van der Waals surface area contributed by atoms with Crippen molar-refractivity contribution >= 4 is 7.60 Å². The van der Waals surface area contributed by atoms with E-state index in [2.05, 4.69) is 5.32 Å². The highest BCUT2D eigenvalue weighted by molar-refractivity contribution is 7.53. The van der Waals surface area contributed by atoms with Gasteiger partial charge in [0.15, 0.2) is 0 Å². The largest absolute Gasteiger partial charge is 0.347 e. The molecule has 5 nitrogen and oxygen atoms in total. The van der Waals surface area contributed by atoms with Crippen LogP contribution in [0.3, 0.4) is 0 Å². The third-order valence-corrected chi connectivity index (χ3v) is 4.38.